The zero-order chi connectivity index (χ0) is 16.4. The number of hydrogen-bond acceptors (Lipinski definition) is 3. The molecule has 0 N–H and O–H groups in total. The number of nitrogens with zero attached hydrogens (tertiary/aromatic N) is 1. The summed E-state index contributed by atoms with van der Waals surface area (Å²) in [6.07, 6.45) is 5.61. The van der Waals surface area contributed by atoms with Gasteiger partial charge >= 0.3 is 0 Å². The molecule has 122 valence electrons. The Bertz CT molecular complexity index is 757. The molecular weight excluding hydrogens is 290 g/mol. The Morgan fingerprint density at radius 1 is 1.17 bits per heavy atom. The molecule has 0 bridgehead atoms. The monoisotopic (exact) mass is 313 g/mol. The first-order valence-corrected chi connectivity index (χ1v) is 8.43. The lowest BCUT2D eigenvalue weighted by molar-refractivity contribution is 0.0523. The van der Waals surface area contributed by atoms with E-state index in [-0.39, 0.29) is 29.2 Å². The predicted octanol–water partition coefficient (Wildman–Crippen LogP) is 3.98. The number of fused-ring (bicyclic) bond motifs is 1. The molecule has 3 rings (SSSR count). The molecule has 1 saturated carbocycles. The van der Waals surface area contributed by atoms with E-state index in [4.69, 9.17) is 4.42 Å². The van der Waals surface area contributed by atoms with Gasteiger partial charge in [0.25, 0.3) is 5.91 Å². The molecule has 2 aromatic rings. The van der Waals surface area contributed by atoms with Crippen molar-refractivity contribution >= 4 is 16.9 Å². The minimum Gasteiger partial charge on any atom is -0.451 e. The average Bonchev–Trinajstić information content (AvgIpc) is 2.55. The summed E-state index contributed by atoms with van der Waals surface area (Å²) >= 11 is 0. The van der Waals surface area contributed by atoms with E-state index < -0.39 is 0 Å². The molecule has 0 aliphatic heterocycles. The maximum atomic E-state index is 13.0. The van der Waals surface area contributed by atoms with Crippen LogP contribution in [0.1, 0.15) is 56.5 Å². The van der Waals surface area contributed by atoms with Crippen molar-refractivity contribution in [2.75, 3.05) is 0 Å². The van der Waals surface area contributed by atoms with E-state index in [9.17, 15) is 9.59 Å². The normalized spacial score (nSPS) is 16.0. The van der Waals surface area contributed by atoms with E-state index in [0.717, 1.165) is 25.7 Å². The molecule has 0 unspecified atom stereocenters. The van der Waals surface area contributed by atoms with E-state index in [1.54, 1.807) is 24.3 Å². The maximum absolute atomic E-state index is 13.0. The lowest BCUT2D eigenvalue weighted by Crippen LogP contribution is -2.45. The summed E-state index contributed by atoms with van der Waals surface area (Å²) in [5.41, 5.74) is 0.304. The van der Waals surface area contributed by atoms with Gasteiger partial charge < -0.3 is 9.32 Å². The van der Waals surface area contributed by atoms with E-state index >= 15 is 0 Å². The van der Waals surface area contributed by atoms with Gasteiger partial charge in [-0.05, 0) is 38.8 Å². The van der Waals surface area contributed by atoms with Crippen LogP contribution in [0.2, 0.25) is 0 Å². The Balaban J connectivity index is 1.98. The fourth-order valence-corrected chi connectivity index (χ4v) is 3.52. The topological polar surface area (TPSA) is 50.5 Å². The smallest absolute Gasteiger partial charge is 0.290 e. The Morgan fingerprint density at radius 3 is 2.57 bits per heavy atom. The molecule has 1 fully saturated rings. The fourth-order valence-electron chi connectivity index (χ4n) is 3.52. The zero-order valence-corrected chi connectivity index (χ0v) is 13.7. The van der Waals surface area contributed by atoms with Crippen molar-refractivity contribution in [2.45, 2.75) is 58.0 Å². The van der Waals surface area contributed by atoms with Crippen molar-refractivity contribution in [2.24, 2.45) is 0 Å². The highest BCUT2D eigenvalue weighted by molar-refractivity contribution is 5.93. The number of carbonyl (C=O) groups is 1. The molecule has 4 heteroatoms. The number of rotatable bonds is 3. The van der Waals surface area contributed by atoms with Crippen LogP contribution in [0.15, 0.2) is 39.5 Å². The average molecular weight is 313 g/mol. The third kappa shape index (κ3) is 3.16. The van der Waals surface area contributed by atoms with Gasteiger partial charge in [-0.15, -0.1) is 0 Å². The number of carbonyl (C=O) groups excluding carboxylic acids is 1. The highest BCUT2D eigenvalue weighted by atomic mass is 16.3. The summed E-state index contributed by atoms with van der Waals surface area (Å²) in [7, 11) is 0. The molecule has 0 saturated heterocycles. The summed E-state index contributed by atoms with van der Waals surface area (Å²) in [5.74, 6) is -0.0253. The molecule has 1 heterocycles. The zero-order valence-electron chi connectivity index (χ0n) is 13.7. The third-order valence-electron chi connectivity index (χ3n) is 4.60. The first-order chi connectivity index (χ1) is 11.1. The van der Waals surface area contributed by atoms with Crippen LogP contribution in [0.5, 0.6) is 0 Å². The molecule has 1 aliphatic rings. The Labute approximate surface area is 136 Å². The summed E-state index contributed by atoms with van der Waals surface area (Å²) < 4.78 is 5.74. The van der Waals surface area contributed by atoms with Gasteiger partial charge in [0.15, 0.2) is 11.2 Å². The van der Waals surface area contributed by atoms with Crippen LogP contribution >= 0.6 is 0 Å². The molecule has 23 heavy (non-hydrogen) atoms. The second kappa shape index (κ2) is 6.57. The predicted molar refractivity (Wildman–Crippen MR) is 90.7 cm³/mol. The lowest BCUT2D eigenvalue weighted by Gasteiger charge is -2.37. The lowest BCUT2D eigenvalue weighted by atomic mass is 9.93. The number of para-hydroxylation sites is 1. The van der Waals surface area contributed by atoms with Crippen LogP contribution in [0.3, 0.4) is 0 Å². The van der Waals surface area contributed by atoms with Gasteiger partial charge in [0.1, 0.15) is 5.58 Å². The minimum absolute atomic E-state index is 0.0855. The van der Waals surface area contributed by atoms with Gasteiger partial charge in [0.05, 0.1) is 5.39 Å². The Kier molecular flexibility index (Phi) is 4.51. The van der Waals surface area contributed by atoms with Crippen LogP contribution in [-0.4, -0.2) is 22.9 Å². The number of hydrogen-bond donors (Lipinski definition) is 0. The minimum atomic E-state index is -0.172. The van der Waals surface area contributed by atoms with Crippen LogP contribution < -0.4 is 5.43 Å². The standard InChI is InChI=1S/C19H23NO3/c1-13(2)20(14-8-4-3-5-9-14)19(22)18-12-16(21)15-10-6-7-11-17(15)23-18/h6-7,10-14H,3-5,8-9H2,1-2H3. The molecule has 1 amide bonds. The van der Waals surface area contributed by atoms with Gasteiger partial charge in [-0.1, -0.05) is 31.4 Å². The Hall–Kier alpha value is -2.10. The molecule has 0 atom stereocenters. The SMILES string of the molecule is CC(C)N(C(=O)c1cc(=O)c2ccccc2o1)C1CCCCC1. The van der Waals surface area contributed by atoms with E-state index in [1.807, 2.05) is 18.7 Å². The second-order valence-corrected chi connectivity index (χ2v) is 6.57. The maximum Gasteiger partial charge on any atom is 0.290 e. The number of benzene rings is 1. The molecule has 1 aromatic carbocycles. The van der Waals surface area contributed by atoms with Gasteiger partial charge in [0.2, 0.25) is 0 Å². The molecule has 1 aromatic heterocycles. The quantitative estimate of drug-likeness (QED) is 0.861. The summed E-state index contributed by atoms with van der Waals surface area (Å²) in [6.45, 7) is 4.04. The van der Waals surface area contributed by atoms with Gasteiger partial charge in [-0.3, -0.25) is 9.59 Å². The van der Waals surface area contributed by atoms with Crippen LogP contribution in [0.25, 0.3) is 11.0 Å². The van der Waals surface area contributed by atoms with Crippen LogP contribution in [-0.2, 0) is 0 Å². The van der Waals surface area contributed by atoms with E-state index in [2.05, 4.69) is 0 Å². The molecule has 4 nitrogen and oxygen atoms in total. The van der Waals surface area contributed by atoms with E-state index in [0.29, 0.717) is 11.0 Å². The summed E-state index contributed by atoms with van der Waals surface area (Å²) in [6, 6.07) is 8.72. The summed E-state index contributed by atoms with van der Waals surface area (Å²) in [4.78, 5) is 27.1. The first kappa shape index (κ1) is 15.8. The molecule has 0 spiro atoms. The summed E-state index contributed by atoms with van der Waals surface area (Å²) in [5, 5.41) is 0.512. The van der Waals surface area contributed by atoms with Crippen molar-refractivity contribution < 1.29 is 9.21 Å². The third-order valence-corrected chi connectivity index (χ3v) is 4.60. The largest absolute Gasteiger partial charge is 0.451 e. The molecule has 0 radical (unpaired) electrons. The van der Waals surface area contributed by atoms with Crippen molar-refractivity contribution in [3.63, 3.8) is 0 Å². The van der Waals surface area contributed by atoms with Crippen LogP contribution in [0.4, 0.5) is 0 Å². The fraction of sp³-hybridized carbons (Fsp3) is 0.474. The van der Waals surface area contributed by atoms with Crippen molar-refractivity contribution in [3.05, 3.63) is 46.3 Å². The first-order valence-electron chi connectivity index (χ1n) is 8.43. The molecule has 1 aliphatic carbocycles. The van der Waals surface area contributed by atoms with Crippen LogP contribution in [0, 0.1) is 0 Å². The number of amides is 1. The van der Waals surface area contributed by atoms with Gasteiger partial charge in [-0.25, -0.2) is 0 Å². The van der Waals surface area contributed by atoms with Gasteiger partial charge in [0, 0.05) is 18.2 Å². The highest BCUT2D eigenvalue weighted by Crippen LogP contribution is 2.26. The van der Waals surface area contributed by atoms with Crippen molar-refractivity contribution in [1.82, 2.24) is 4.90 Å². The van der Waals surface area contributed by atoms with E-state index in [1.165, 1.54) is 12.5 Å². The van der Waals surface area contributed by atoms with Gasteiger partial charge in [-0.2, -0.15) is 0 Å². The van der Waals surface area contributed by atoms with Crippen molar-refractivity contribution in [1.29, 1.82) is 0 Å². The Morgan fingerprint density at radius 2 is 1.87 bits per heavy atom. The molecular formula is C19H23NO3. The highest BCUT2D eigenvalue weighted by Gasteiger charge is 2.30. The van der Waals surface area contributed by atoms with Crippen molar-refractivity contribution in [3.8, 4) is 0 Å². The second-order valence-electron chi connectivity index (χ2n) is 6.57.